The number of rotatable bonds is 3. The van der Waals surface area contributed by atoms with Crippen molar-refractivity contribution in [2.75, 3.05) is 0 Å². The predicted molar refractivity (Wildman–Crippen MR) is 65.5 cm³/mol. The maximum Gasteiger partial charge on any atom is 0.267 e. The monoisotopic (exact) mass is 216 g/mol. The zero-order valence-electron chi connectivity index (χ0n) is 9.66. The highest BCUT2D eigenvalue weighted by Gasteiger charge is 2.13. The molecule has 0 atom stereocenters. The van der Waals surface area contributed by atoms with E-state index in [0.717, 1.165) is 29.7 Å². The van der Waals surface area contributed by atoms with Crippen molar-refractivity contribution in [3.05, 3.63) is 46.2 Å². The molecule has 0 saturated carbocycles. The van der Waals surface area contributed by atoms with Crippen LogP contribution in [0.1, 0.15) is 18.9 Å². The smallest absolute Gasteiger partial charge is 0.267 e. The van der Waals surface area contributed by atoms with E-state index in [9.17, 15) is 4.79 Å². The standard InChI is InChI=1S/C13H16N2O/c1-3-7-11-12(15(2)14-13(11)16)10-8-5-4-6-9-10/h4-6,8-9H,3,7H2,1-2H3,(H,14,16). The van der Waals surface area contributed by atoms with Crippen LogP contribution in [0, 0.1) is 0 Å². The van der Waals surface area contributed by atoms with Gasteiger partial charge in [0.05, 0.1) is 5.69 Å². The third-order valence-electron chi connectivity index (χ3n) is 2.71. The summed E-state index contributed by atoms with van der Waals surface area (Å²) in [5.74, 6) is 0. The van der Waals surface area contributed by atoms with Crippen molar-refractivity contribution >= 4 is 0 Å². The molecule has 0 aliphatic heterocycles. The molecular formula is C13H16N2O. The summed E-state index contributed by atoms with van der Waals surface area (Å²) in [6, 6.07) is 10.0. The summed E-state index contributed by atoms with van der Waals surface area (Å²) in [4.78, 5) is 11.7. The average Bonchev–Trinajstić information content (AvgIpc) is 2.56. The molecule has 0 aliphatic carbocycles. The van der Waals surface area contributed by atoms with Gasteiger partial charge in [-0.15, -0.1) is 0 Å². The molecule has 84 valence electrons. The van der Waals surface area contributed by atoms with Crippen molar-refractivity contribution < 1.29 is 0 Å². The van der Waals surface area contributed by atoms with Gasteiger partial charge in [-0.05, 0) is 6.42 Å². The van der Waals surface area contributed by atoms with E-state index >= 15 is 0 Å². The second-order valence-corrected chi connectivity index (χ2v) is 3.94. The van der Waals surface area contributed by atoms with Gasteiger partial charge in [0, 0.05) is 18.2 Å². The molecule has 0 aliphatic rings. The first-order chi connectivity index (χ1) is 7.74. The van der Waals surface area contributed by atoms with Crippen molar-refractivity contribution in [1.82, 2.24) is 9.78 Å². The summed E-state index contributed by atoms with van der Waals surface area (Å²) in [6.07, 6.45) is 1.80. The Balaban J connectivity index is 2.60. The molecule has 2 rings (SSSR count). The summed E-state index contributed by atoms with van der Waals surface area (Å²) in [5.41, 5.74) is 3.01. The first-order valence-corrected chi connectivity index (χ1v) is 5.57. The molecule has 0 radical (unpaired) electrons. The van der Waals surface area contributed by atoms with Crippen LogP contribution < -0.4 is 5.56 Å². The second kappa shape index (κ2) is 4.39. The third kappa shape index (κ3) is 1.81. The van der Waals surface area contributed by atoms with Gasteiger partial charge in [-0.1, -0.05) is 43.7 Å². The Morgan fingerprint density at radius 2 is 1.94 bits per heavy atom. The van der Waals surface area contributed by atoms with Gasteiger partial charge in [0.1, 0.15) is 0 Å². The number of hydrogen-bond acceptors (Lipinski definition) is 1. The fourth-order valence-electron chi connectivity index (χ4n) is 2.03. The Kier molecular flexibility index (Phi) is 2.95. The maximum atomic E-state index is 11.7. The second-order valence-electron chi connectivity index (χ2n) is 3.94. The van der Waals surface area contributed by atoms with Crippen LogP contribution in [0.15, 0.2) is 35.1 Å². The number of aromatic amines is 1. The Morgan fingerprint density at radius 3 is 2.56 bits per heavy atom. The fourth-order valence-corrected chi connectivity index (χ4v) is 2.03. The van der Waals surface area contributed by atoms with Gasteiger partial charge in [-0.3, -0.25) is 14.6 Å². The normalized spacial score (nSPS) is 10.6. The van der Waals surface area contributed by atoms with E-state index in [-0.39, 0.29) is 5.56 Å². The average molecular weight is 216 g/mol. The Hall–Kier alpha value is -1.77. The van der Waals surface area contributed by atoms with Crippen LogP contribution in [0.3, 0.4) is 0 Å². The fraction of sp³-hybridized carbons (Fsp3) is 0.308. The van der Waals surface area contributed by atoms with Gasteiger partial charge in [0.15, 0.2) is 0 Å². The highest BCUT2D eigenvalue weighted by Crippen LogP contribution is 2.21. The summed E-state index contributed by atoms with van der Waals surface area (Å²) >= 11 is 0. The summed E-state index contributed by atoms with van der Waals surface area (Å²) in [6.45, 7) is 2.08. The molecule has 0 saturated heterocycles. The largest absolute Gasteiger partial charge is 0.287 e. The molecule has 1 aromatic carbocycles. The topological polar surface area (TPSA) is 37.8 Å². The highest BCUT2D eigenvalue weighted by molar-refractivity contribution is 5.63. The van der Waals surface area contributed by atoms with Crippen molar-refractivity contribution in [2.24, 2.45) is 7.05 Å². The number of hydrogen-bond donors (Lipinski definition) is 1. The van der Waals surface area contributed by atoms with Gasteiger partial charge in [0.25, 0.3) is 5.56 Å². The highest BCUT2D eigenvalue weighted by atomic mass is 16.1. The maximum absolute atomic E-state index is 11.7. The van der Waals surface area contributed by atoms with Gasteiger partial charge in [0.2, 0.25) is 0 Å². The Morgan fingerprint density at radius 1 is 1.25 bits per heavy atom. The molecule has 0 fully saturated rings. The van der Waals surface area contributed by atoms with Crippen molar-refractivity contribution in [3.8, 4) is 11.3 Å². The summed E-state index contributed by atoms with van der Waals surface area (Å²) < 4.78 is 1.81. The van der Waals surface area contributed by atoms with E-state index in [1.54, 1.807) is 0 Å². The van der Waals surface area contributed by atoms with E-state index < -0.39 is 0 Å². The van der Waals surface area contributed by atoms with Crippen LogP contribution in [0.5, 0.6) is 0 Å². The van der Waals surface area contributed by atoms with E-state index in [4.69, 9.17) is 0 Å². The van der Waals surface area contributed by atoms with Crippen molar-refractivity contribution in [3.63, 3.8) is 0 Å². The van der Waals surface area contributed by atoms with Crippen LogP contribution >= 0.6 is 0 Å². The Bertz CT molecular complexity index is 523. The zero-order chi connectivity index (χ0) is 11.5. The van der Waals surface area contributed by atoms with Gasteiger partial charge in [-0.2, -0.15) is 0 Å². The molecule has 1 N–H and O–H groups in total. The molecule has 3 nitrogen and oxygen atoms in total. The molecule has 3 heteroatoms. The van der Waals surface area contributed by atoms with Crippen LogP contribution in [-0.4, -0.2) is 9.78 Å². The molecule has 1 heterocycles. The molecule has 16 heavy (non-hydrogen) atoms. The zero-order valence-corrected chi connectivity index (χ0v) is 9.66. The van der Waals surface area contributed by atoms with Crippen LogP contribution in [0.4, 0.5) is 0 Å². The van der Waals surface area contributed by atoms with Gasteiger partial charge < -0.3 is 0 Å². The lowest BCUT2D eigenvalue weighted by Gasteiger charge is -2.05. The van der Waals surface area contributed by atoms with E-state index in [0.29, 0.717) is 0 Å². The molecule has 1 aromatic heterocycles. The minimum atomic E-state index is 0.0307. The van der Waals surface area contributed by atoms with E-state index in [1.807, 2.05) is 42.1 Å². The minimum Gasteiger partial charge on any atom is -0.287 e. The third-order valence-corrected chi connectivity index (χ3v) is 2.71. The number of nitrogens with zero attached hydrogens (tertiary/aromatic N) is 1. The van der Waals surface area contributed by atoms with Gasteiger partial charge in [-0.25, -0.2) is 0 Å². The number of benzene rings is 1. The van der Waals surface area contributed by atoms with Crippen LogP contribution in [0.25, 0.3) is 11.3 Å². The van der Waals surface area contributed by atoms with E-state index in [1.165, 1.54) is 0 Å². The molecule has 2 aromatic rings. The summed E-state index contributed by atoms with van der Waals surface area (Å²) in [7, 11) is 1.88. The van der Waals surface area contributed by atoms with Crippen molar-refractivity contribution in [1.29, 1.82) is 0 Å². The SMILES string of the molecule is CCCc1c(-c2ccccc2)n(C)[nH]c1=O. The van der Waals surface area contributed by atoms with Gasteiger partial charge >= 0.3 is 0 Å². The van der Waals surface area contributed by atoms with E-state index in [2.05, 4.69) is 12.0 Å². The minimum absolute atomic E-state index is 0.0307. The Labute approximate surface area is 94.7 Å². The lowest BCUT2D eigenvalue weighted by molar-refractivity contribution is 0.764. The number of aryl methyl sites for hydroxylation is 1. The molecule has 0 spiro atoms. The lowest BCUT2D eigenvalue weighted by Crippen LogP contribution is -2.06. The quantitative estimate of drug-likeness (QED) is 0.840. The van der Waals surface area contributed by atoms with Crippen molar-refractivity contribution in [2.45, 2.75) is 19.8 Å². The van der Waals surface area contributed by atoms with Crippen LogP contribution in [0.2, 0.25) is 0 Å². The number of aromatic nitrogens is 2. The molecular weight excluding hydrogens is 200 g/mol. The first-order valence-electron chi connectivity index (χ1n) is 5.57. The van der Waals surface area contributed by atoms with Crippen LogP contribution in [-0.2, 0) is 13.5 Å². The number of nitrogens with one attached hydrogen (secondary N) is 1. The number of H-pyrrole nitrogens is 1. The molecule has 0 amide bonds. The molecule has 0 bridgehead atoms. The molecule has 0 unspecified atom stereocenters. The predicted octanol–water partition coefficient (Wildman–Crippen LogP) is 2.33. The summed E-state index contributed by atoms with van der Waals surface area (Å²) in [5, 5.41) is 2.82. The first kappa shape index (κ1) is 10.7. The lowest BCUT2D eigenvalue weighted by atomic mass is 10.0.